The predicted octanol–water partition coefficient (Wildman–Crippen LogP) is 1.11. The molecule has 0 aliphatic heterocycles. The van der Waals surface area contributed by atoms with Crippen LogP contribution in [0.15, 0.2) is 4.90 Å². The van der Waals surface area contributed by atoms with Crippen LogP contribution in [0, 0.1) is 19.8 Å². The standard InChI is InChI=1S/C11H19N3O2S/c1-7(10-5-6-10)13-17(15,16)11-8(2)12-14(4)9(11)3/h7,10,13H,5-6H2,1-4H3. The van der Waals surface area contributed by atoms with E-state index in [1.807, 2.05) is 6.92 Å². The molecule has 1 fully saturated rings. The number of hydrogen-bond acceptors (Lipinski definition) is 3. The molecule has 0 saturated heterocycles. The van der Waals surface area contributed by atoms with Gasteiger partial charge >= 0.3 is 0 Å². The van der Waals surface area contributed by atoms with Crippen LogP contribution in [0.5, 0.6) is 0 Å². The molecule has 1 aliphatic rings. The highest BCUT2D eigenvalue weighted by atomic mass is 32.2. The summed E-state index contributed by atoms with van der Waals surface area (Å²) in [5.41, 5.74) is 1.23. The van der Waals surface area contributed by atoms with Gasteiger partial charge in [0, 0.05) is 13.1 Å². The largest absolute Gasteiger partial charge is 0.271 e. The van der Waals surface area contributed by atoms with E-state index in [2.05, 4.69) is 9.82 Å². The van der Waals surface area contributed by atoms with Crippen molar-refractivity contribution in [3.8, 4) is 0 Å². The van der Waals surface area contributed by atoms with Crippen LogP contribution >= 0.6 is 0 Å². The minimum atomic E-state index is -3.44. The number of hydrogen-bond donors (Lipinski definition) is 1. The molecule has 0 spiro atoms. The molecular formula is C11H19N3O2S. The van der Waals surface area contributed by atoms with E-state index in [0.717, 1.165) is 12.8 Å². The summed E-state index contributed by atoms with van der Waals surface area (Å²) in [7, 11) is -1.68. The van der Waals surface area contributed by atoms with Gasteiger partial charge in [-0.2, -0.15) is 5.10 Å². The first kappa shape index (κ1) is 12.6. The van der Waals surface area contributed by atoms with Gasteiger partial charge in [-0.05, 0) is 39.5 Å². The molecule has 1 N–H and O–H groups in total. The van der Waals surface area contributed by atoms with Crippen LogP contribution in [-0.2, 0) is 17.1 Å². The van der Waals surface area contributed by atoms with Crippen molar-refractivity contribution in [1.82, 2.24) is 14.5 Å². The highest BCUT2D eigenvalue weighted by Crippen LogP contribution is 2.33. The van der Waals surface area contributed by atoms with Crippen LogP contribution in [0.3, 0.4) is 0 Å². The number of sulfonamides is 1. The summed E-state index contributed by atoms with van der Waals surface area (Å²) < 4.78 is 28.9. The summed E-state index contributed by atoms with van der Waals surface area (Å²) in [6.45, 7) is 5.43. The maximum Gasteiger partial charge on any atom is 0.244 e. The van der Waals surface area contributed by atoms with Gasteiger partial charge in [-0.3, -0.25) is 4.68 Å². The number of nitrogens with zero attached hydrogens (tertiary/aromatic N) is 2. The van der Waals surface area contributed by atoms with Crippen molar-refractivity contribution in [2.24, 2.45) is 13.0 Å². The fourth-order valence-corrected chi connectivity index (χ4v) is 3.89. The molecule has 1 aliphatic carbocycles. The highest BCUT2D eigenvalue weighted by Gasteiger charge is 2.33. The number of aryl methyl sites for hydroxylation is 2. The van der Waals surface area contributed by atoms with E-state index in [9.17, 15) is 8.42 Å². The van der Waals surface area contributed by atoms with Gasteiger partial charge in [-0.25, -0.2) is 13.1 Å². The zero-order valence-corrected chi connectivity index (χ0v) is 11.5. The Labute approximate surface area is 102 Å². The van der Waals surface area contributed by atoms with E-state index in [0.29, 0.717) is 22.2 Å². The van der Waals surface area contributed by atoms with Gasteiger partial charge < -0.3 is 0 Å². The summed E-state index contributed by atoms with van der Waals surface area (Å²) >= 11 is 0. The van der Waals surface area contributed by atoms with E-state index in [1.165, 1.54) is 0 Å². The Morgan fingerprint density at radius 2 is 2.00 bits per heavy atom. The van der Waals surface area contributed by atoms with Crippen LogP contribution < -0.4 is 4.72 Å². The van der Waals surface area contributed by atoms with E-state index in [1.54, 1.807) is 25.6 Å². The summed E-state index contributed by atoms with van der Waals surface area (Å²) in [5, 5.41) is 4.14. The van der Waals surface area contributed by atoms with Crippen LogP contribution in [0.25, 0.3) is 0 Å². The van der Waals surface area contributed by atoms with Gasteiger partial charge in [0.1, 0.15) is 4.90 Å². The summed E-state index contributed by atoms with van der Waals surface area (Å²) in [6.07, 6.45) is 2.24. The van der Waals surface area contributed by atoms with Gasteiger partial charge in [-0.15, -0.1) is 0 Å². The van der Waals surface area contributed by atoms with Gasteiger partial charge in [0.15, 0.2) is 0 Å². The molecule has 2 rings (SSSR count). The Hall–Kier alpha value is -0.880. The summed E-state index contributed by atoms with van der Waals surface area (Å²) in [6, 6.07) is 0.0130. The molecule has 17 heavy (non-hydrogen) atoms. The van der Waals surface area contributed by atoms with E-state index in [-0.39, 0.29) is 6.04 Å². The molecule has 1 atom stereocenters. The quantitative estimate of drug-likeness (QED) is 0.879. The van der Waals surface area contributed by atoms with E-state index in [4.69, 9.17) is 0 Å². The minimum absolute atomic E-state index is 0.0130. The Morgan fingerprint density at radius 3 is 2.41 bits per heavy atom. The molecule has 0 amide bonds. The topological polar surface area (TPSA) is 64.0 Å². The molecule has 5 nitrogen and oxygen atoms in total. The normalized spacial score (nSPS) is 18.4. The Balaban J connectivity index is 2.30. The SMILES string of the molecule is Cc1nn(C)c(C)c1S(=O)(=O)NC(C)C1CC1. The molecular weight excluding hydrogens is 238 g/mol. The van der Waals surface area contributed by atoms with Gasteiger partial charge in [-0.1, -0.05) is 0 Å². The highest BCUT2D eigenvalue weighted by molar-refractivity contribution is 7.89. The third-order valence-electron chi connectivity index (χ3n) is 3.38. The fraction of sp³-hybridized carbons (Fsp3) is 0.727. The van der Waals surface area contributed by atoms with Crippen LogP contribution in [0.1, 0.15) is 31.2 Å². The van der Waals surface area contributed by atoms with Crippen molar-refractivity contribution in [2.45, 2.75) is 44.6 Å². The average Bonchev–Trinajstić information content (AvgIpc) is 2.95. The summed E-state index contributed by atoms with van der Waals surface area (Å²) in [4.78, 5) is 0.326. The molecule has 0 aromatic carbocycles. The van der Waals surface area contributed by atoms with Crippen molar-refractivity contribution in [3.63, 3.8) is 0 Å². The fourth-order valence-electron chi connectivity index (χ4n) is 2.14. The number of aromatic nitrogens is 2. The van der Waals surface area contributed by atoms with Crippen molar-refractivity contribution in [3.05, 3.63) is 11.4 Å². The Morgan fingerprint density at radius 1 is 1.41 bits per heavy atom. The molecule has 0 bridgehead atoms. The van der Waals surface area contributed by atoms with Gasteiger partial charge in [0.2, 0.25) is 10.0 Å². The second kappa shape index (κ2) is 4.10. The molecule has 96 valence electrons. The Bertz CT molecular complexity index is 529. The van der Waals surface area contributed by atoms with E-state index < -0.39 is 10.0 Å². The molecule has 0 radical (unpaired) electrons. The van der Waals surface area contributed by atoms with Crippen molar-refractivity contribution < 1.29 is 8.42 Å². The number of rotatable bonds is 4. The first-order valence-electron chi connectivity index (χ1n) is 5.85. The van der Waals surface area contributed by atoms with Gasteiger partial charge in [0.25, 0.3) is 0 Å². The second-order valence-corrected chi connectivity index (χ2v) is 6.52. The summed E-state index contributed by atoms with van der Waals surface area (Å²) in [5.74, 6) is 0.502. The molecule has 1 saturated carbocycles. The van der Waals surface area contributed by atoms with E-state index >= 15 is 0 Å². The molecule has 1 heterocycles. The lowest BCUT2D eigenvalue weighted by molar-refractivity contribution is 0.537. The first-order chi connectivity index (χ1) is 7.83. The van der Waals surface area contributed by atoms with Crippen molar-refractivity contribution >= 4 is 10.0 Å². The number of nitrogens with one attached hydrogen (secondary N) is 1. The maximum absolute atomic E-state index is 12.3. The monoisotopic (exact) mass is 257 g/mol. The minimum Gasteiger partial charge on any atom is -0.271 e. The average molecular weight is 257 g/mol. The molecule has 1 aromatic rings. The zero-order valence-electron chi connectivity index (χ0n) is 10.7. The molecule has 1 aromatic heterocycles. The lowest BCUT2D eigenvalue weighted by Gasteiger charge is -2.13. The third-order valence-corrected chi connectivity index (χ3v) is 5.19. The lowest BCUT2D eigenvalue weighted by Crippen LogP contribution is -2.34. The van der Waals surface area contributed by atoms with Crippen molar-refractivity contribution in [2.75, 3.05) is 0 Å². The predicted molar refractivity (Wildman–Crippen MR) is 65.2 cm³/mol. The molecule has 1 unspecified atom stereocenters. The lowest BCUT2D eigenvalue weighted by atomic mass is 10.2. The van der Waals surface area contributed by atoms with Gasteiger partial charge in [0.05, 0.1) is 11.4 Å². The van der Waals surface area contributed by atoms with Crippen LogP contribution in [-0.4, -0.2) is 24.2 Å². The first-order valence-corrected chi connectivity index (χ1v) is 7.34. The third kappa shape index (κ3) is 2.37. The van der Waals surface area contributed by atoms with Crippen molar-refractivity contribution in [1.29, 1.82) is 0 Å². The van der Waals surface area contributed by atoms with Crippen LogP contribution in [0.4, 0.5) is 0 Å². The second-order valence-electron chi connectivity index (χ2n) is 4.87. The molecule has 6 heteroatoms. The smallest absolute Gasteiger partial charge is 0.244 e. The zero-order chi connectivity index (χ0) is 12.8. The van der Waals surface area contributed by atoms with Crippen LogP contribution in [0.2, 0.25) is 0 Å². The maximum atomic E-state index is 12.3. The Kier molecular flexibility index (Phi) is 3.03.